The Labute approximate surface area is 128 Å². The molecule has 0 aromatic carbocycles. The number of rotatable bonds is 2. The monoisotopic (exact) mass is 292 g/mol. The van der Waals surface area contributed by atoms with Crippen LogP contribution >= 0.6 is 0 Å². The Morgan fingerprint density at radius 1 is 1.19 bits per heavy atom. The minimum absolute atomic E-state index is 0.170. The summed E-state index contributed by atoms with van der Waals surface area (Å²) >= 11 is 0. The largest absolute Gasteiger partial charge is 0.383 e. The second kappa shape index (κ2) is 6.11. The maximum Gasteiger partial charge on any atom is 0.182 e. The average molecular weight is 292 g/mol. The van der Waals surface area contributed by atoms with Crippen molar-refractivity contribution in [2.75, 3.05) is 19.8 Å². The average Bonchev–Trinajstić information content (AvgIpc) is 3.00. The van der Waals surface area contributed by atoms with E-state index in [0.29, 0.717) is 19.3 Å². The lowest BCUT2D eigenvalue weighted by Crippen LogP contribution is -2.59. The molecule has 3 aliphatic rings. The van der Waals surface area contributed by atoms with Gasteiger partial charge >= 0.3 is 0 Å². The molecule has 0 aromatic heterocycles. The van der Waals surface area contributed by atoms with Crippen LogP contribution in [-0.4, -0.2) is 48.6 Å². The van der Waals surface area contributed by atoms with E-state index in [-0.39, 0.29) is 17.9 Å². The second-order valence-corrected chi connectivity index (χ2v) is 7.17. The SMILES string of the molecule is CC(C)(C)N1CCCCC1C1NC=CC=C1C1OCCO1. The van der Waals surface area contributed by atoms with E-state index < -0.39 is 0 Å². The summed E-state index contributed by atoms with van der Waals surface area (Å²) < 4.78 is 11.5. The van der Waals surface area contributed by atoms with Gasteiger partial charge in [0.1, 0.15) is 0 Å². The van der Waals surface area contributed by atoms with Gasteiger partial charge in [0.2, 0.25) is 0 Å². The van der Waals surface area contributed by atoms with Crippen LogP contribution < -0.4 is 5.32 Å². The Morgan fingerprint density at radius 3 is 2.67 bits per heavy atom. The summed E-state index contributed by atoms with van der Waals surface area (Å²) in [6.45, 7) is 9.52. The van der Waals surface area contributed by atoms with Crippen molar-refractivity contribution in [1.29, 1.82) is 0 Å². The molecule has 2 fully saturated rings. The van der Waals surface area contributed by atoms with Gasteiger partial charge < -0.3 is 14.8 Å². The molecule has 4 heteroatoms. The molecule has 3 rings (SSSR count). The number of likely N-dealkylation sites (tertiary alicyclic amines) is 1. The van der Waals surface area contributed by atoms with Crippen molar-refractivity contribution < 1.29 is 9.47 Å². The van der Waals surface area contributed by atoms with Crippen LogP contribution in [0.3, 0.4) is 0 Å². The molecule has 0 spiro atoms. The Hall–Kier alpha value is -0.840. The summed E-state index contributed by atoms with van der Waals surface area (Å²) in [6, 6.07) is 0.792. The summed E-state index contributed by atoms with van der Waals surface area (Å²) in [5, 5.41) is 3.57. The fraction of sp³-hybridized carbons (Fsp3) is 0.765. The number of allylic oxidation sites excluding steroid dienone is 2. The van der Waals surface area contributed by atoms with Crippen molar-refractivity contribution in [3.8, 4) is 0 Å². The maximum atomic E-state index is 5.75. The molecule has 0 amide bonds. The first-order valence-electron chi connectivity index (χ1n) is 8.20. The molecule has 118 valence electrons. The zero-order valence-corrected chi connectivity index (χ0v) is 13.5. The van der Waals surface area contributed by atoms with Crippen LogP contribution in [-0.2, 0) is 9.47 Å². The van der Waals surface area contributed by atoms with E-state index in [1.54, 1.807) is 0 Å². The number of piperidine rings is 1. The molecule has 2 unspecified atom stereocenters. The fourth-order valence-corrected chi connectivity index (χ4v) is 3.76. The van der Waals surface area contributed by atoms with Crippen molar-refractivity contribution in [1.82, 2.24) is 10.2 Å². The van der Waals surface area contributed by atoms with Crippen LogP contribution in [0, 0.1) is 0 Å². The summed E-state index contributed by atoms with van der Waals surface area (Å²) in [7, 11) is 0. The molecule has 0 saturated carbocycles. The van der Waals surface area contributed by atoms with E-state index >= 15 is 0 Å². The zero-order valence-electron chi connectivity index (χ0n) is 13.5. The highest BCUT2D eigenvalue weighted by atomic mass is 16.7. The molecule has 2 atom stereocenters. The van der Waals surface area contributed by atoms with Gasteiger partial charge in [0.25, 0.3) is 0 Å². The molecule has 0 radical (unpaired) electrons. The van der Waals surface area contributed by atoms with Gasteiger partial charge in [0.05, 0.1) is 19.3 Å². The molecule has 3 aliphatic heterocycles. The summed E-state index contributed by atoms with van der Waals surface area (Å²) in [5.41, 5.74) is 1.44. The van der Waals surface area contributed by atoms with Crippen LogP contribution in [0.1, 0.15) is 40.0 Å². The Kier molecular flexibility index (Phi) is 4.38. The van der Waals surface area contributed by atoms with Crippen LogP contribution in [0.15, 0.2) is 23.9 Å². The number of hydrogen-bond donors (Lipinski definition) is 1. The van der Waals surface area contributed by atoms with Gasteiger partial charge in [0, 0.05) is 17.2 Å². The minimum Gasteiger partial charge on any atom is -0.383 e. The molecule has 1 N–H and O–H groups in total. The van der Waals surface area contributed by atoms with Crippen molar-refractivity contribution in [2.45, 2.75) is 63.9 Å². The summed E-state index contributed by atoms with van der Waals surface area (Å²) in [6.07, 6.45) is 9.94. The highest BCUT2D eigenvalue weighted by Crippen LogP contribution is 2.32. The Bertz CT molecular complexity index is 419. The van der Waals surface area contributed by atoms with Crippen molar-refractivity contribution >= 4 is 0 Å². The van der Waals surface area contributed by atoms with E-state index in [0.717, 1.165) is 0 Å². The highest BCUT2D eigenvalue weighted by molar-refractivity contribution is 5.28. The number of nitrogens with zero attached hydrogens (tertiary/aromatic N) is 1. The third-order valence-electron chi connectivity index (χ3n) is 4.71. The Balaban J connectivity index is 1.82. The first kappa shape index (κ1) is 15.1. The minimum atomic E-state index is -0.170. The molecule has 3 heterocycles. The lowest BCUT2D eigenvalue weighted by molar-refractivity contribution is -0.0267. The molecular formula is C17H28N2O2. The molecule has 0 aliphatic carbocycles. The number of dihydropyridines is 1. The number of ether oxygens (including phenoxy) is 2. The van der Waals surface area contributed by atoms with Crippen LogP contribution in [0.2, 0.25) is 0 Å². The Morgan fingerprint density at radius 2 is 1.95 bits per heavy atom. The third kappa shape index (κ3) is 3.17. The van der Waals surface area contributed by atoms with Gasteiger partial charge in [-0.2, -0.15) is 0 Å². The van der Waals surface area contributed by atoms with Crippen molar-refractivity contribution in [2.24, 2.45) is 0 Å². The first-order chi connectivity index (χ1) is 10.1. The molecule has 0 bridgehead atoms. The first-order valence-corrected chi connectivity index (χ1v) is 8.20. The van der Waals surface area contributed by atoms with E-state index in [1.807, 2.05) is 0 Å². The molecule has 21 heavy (non-hydrogen) atoms. The summed E-state index contributed by atoms with van der Waals surface area (Å²) in [4.78, 5) is 2.65. The highest BCUT2D eigenvalue weighted by Gasteiger charge is 2.40. The predicted molar refractivity (Wildman–Crippen MR) is 83.9 cm³/mol. The zero-order chi connectivity index (χ0) is 14.9. The van der Waals surface area contributed by atoms with Crippen LogP contribution in [0.5, 0.6) is 0 Å². The quantitative estimate of drug-likeness (QED) is 0.847. The van der Waals surface area contributed by atoms with Crippen molar-refractivity contribution in [3.05, 3.63) is 23.9 Å². The third-order valence-corrected chi connectivity index (χ3v) is 4.71. The summed E-state index contributed by atoms with van der Waals surface area (Å²) in [5.74, 6) is 0. The fourth-order valence-electron chi connectivity index (χ4n) is 3.76. The smallest absolute Gasteiger partial charge is 0.182 e. The van der Waals surface area contributed by atoms with Gasteiger partial charge in [-0.15, -0.1) is 0 Å². The molecule has 4 nitrogen and oxygen atoms in total. The molecule has 2 saturated heterocycles. The van der Waals surface area contributed by atoms with Gasteiger partial charge in [0.15, 0.2) is 6.29 Å². The van der Waals surface area contributed by atoms with E-state index in [9.17, 15) is 0 Å². The van der Waals surface area contributed by atoms with Crippen LogP contribution in [0.4, 0.5) is 0 Å². The molecular weight excluding hydrogens is 264 g/mol. The van der Waals surface area contributed by atoms with Gasteiger partial charge in [-0.25, -0.2) is 0 Å². The van der Waals surface area contributed by atoms with Gasteiger partial charge in [-0.3, -0.25) is 4.90 Å². The topological polar surface area (TPSA) is 33.7 Å². The van der Waals surface area contributed by atoms with Gasteiger partial charge in [-0.1, -0.05) is 12.5 Å². The number of hydrogen-bond acceptors (Lipinski definition) is 4. The van der Waals surface area contributed by atoms with Crippen molar-refractivity contribution in [3.63, 3.8) is 0 Å². The van der Waals surface area contributed by atoms with E-state index in [1.165, 1.54) is 31.4 Å². The van der Waals surface area contributed by atoms with E-state index in [4.69, 9.17) is 9.47 Å². The maximum absolute atomic E-state index is 5.75. The van der Waals surface area contributed by atoms with Gasteiger partial charge in [-0.05, 0) is 52.4 Å². The predicted octanol–water partition coefficient (Wildman–Crippen LogP) is 2.42. The lowest BCUT2D eigenvalue weighted by atomic mass is 9.86. The standard InChI is InChI=1S/C17H28N2O2/c1-17(2,3)19-10-5-4-8-14(19)15-13(7-6-9-18-15)16-20-11-12-21-16/h6-7,9,14-16,18H,4-5,8,10-12H2,1-3H3. The molecule has 0 aromatic rings. The van der Waals surface area contributed by atoms with E-state index in [2.05, 4.69) is 49.3 Å². The van der Waals surface area contributed by atoms with Crippen LogP contribution in [0.25, 0.3) is 0 Å². The second-order valence-electron chi connectivity index (χ2n) is 7.17. The normalized spacial score (nSPS) is 32.0. The lowest BCUT2D eigenvalue weighted by Gasteiger charge is -2.48. The number of nitrogens with one attached hydrogen (secondary N) is 1.